The van der Waals surface area contributed by atoms with Gasteiger partial charge in [-0.25, -0.2) is 4.39 Å². The lowest BCUT2D eigenvalue weighted by molar-refractivity contribution is 0.306. The summed E-state index contributed by atoms with van der Waals surface area (Å²) >= 11 is 5.74. The summed E-state index contributed by atoms with van der Waals surface area (Å²) in [5.74, 6) is 0.348. The van der Waals surface area contributed by atoms with Crippen molar-refractivity contribution in [3.8, 4) is 5.75 Å². The first-order chi connectivity index (χ1) is 10.1. The van der Waals surface area contributed by atoms with Gasteiger partial charge in [0.1, 0.15) is 18.2 Å². The van der Waals surface area contributed by atoms with E-state index in [0.717, 1.165) is 24.2 Å². The molecular weight excluding hydrogens is 289 g/mol. The zero-order valence-corrected chi connectivity index (χ0v) is 12.7. The molecule has 2 aromatic rings. The van der Waals surface area contributed by atoms with Gasteiger partial charge >= 0.3 is 0 Å². The summed E-state index contributed by atoms with van der Waals surface area (Å²) < 4.78 is 18.7. The van der Waals surface area contributed by atoms with E-state index in [1.54, 1.807) is 12.1 Å². The van der Waals surface area contributed by atoms with Crippen LogP contribution in [0.1, 0.15) is 24.5 Å². The molecule has 0 radical (unpaired) electrons. The van der Waals surface area contributed by atoms with Crippen LogP contribution >= 0.6 is 11.6 Å². The van der Waals surface area contributed by atoms with Crippen LogP contribution in [0.3, 0.4) is 0 Å². The Morgan fingerprint density at radius 2 is 1.81 bits per heavy atom. The summed E-state index contributed by atoms with van der Waals surface area (Å²) in [6, 6.07) is 12.6. The first-order valence-electron chi connectivity index (χ1n) is 6.99. The number of rotatable bonds is 6. The molecule has 0 spiro atoms. The molecule has 0 aliphatic heterocycles. The Morgan fingerprint density at radius 3 is 2.43 bits per heavy atom. The van der Waals surface area contributed by atoms with Gasteiger partial charge in [0, 0.05) is 6.04 Å². The van der Waals surface area contributed by atoms with Crippen LogP contribution in [0.25, 0.3) is 0 Å². The smallest absolute Gasteiger partial charge is 0.141 e. The number of hydrogen-bond donors (Lipinski definition) is 1. The molecule has 2 nitrogen and oxygen atoms in total. The van der Waals surface area contributed by atoms with E-state index in [4.69, 9.17) is 22.1 Å². The highest BCUT2D eigenvalue weighted by atomic mass is 35.5. The molecular formula is C17H19ClFNO. The number of benzene rings is 2. The molecule has 21 heavy (non-hydrogen) atoms. The second-order valence-corrected chi connectivity index (χ2v) is 5.46. The van der Waals surface area contributed by atoms with Crippen LogP contribution < -0.4 is 10.5 Å². The lowest BCUT2D eigenvalue weighted by Crippen LogP contribution is -2.21. The predicted molar refractivity (Wildman–Crippen MR) is 84.2 cm³/mol. The molecule has 1 unspecified atom stereocenters. The van der Waals surface area contributed by atoms with Gasteiger partial charge in [-0.15, -0.1) is 0 Å². The van der Waals surface area contributed by atoms with E-state index < -0.39 is 5.82 Å². The Kier molecular flexibility index (Phi) is 5.59. The summed E-state index contributed by atoms with van der Waals surface area (Å²) in [6.07, 6.45) is 1.83. The van der Waals surface area contributed by atoms with E-state index >= 15 is 0 Å². The Balaban J connectivity index is 1.92. The van der Waals surface area contributed by atoms with Gasteiger partial charge in [-0.2, -0.15) is 0 Å². The van der Waals surface area contributed by atoms with Crippen molar-refractivity contribution < 1.29 is 9.13 Å². The van der Waals surface area contributed by atoms with Crippen LogP contribution in [-0.4, -0.2) is 6.04 Å². The fourth-order valence-electron chi connectivity index (χ4n) is 1.96. The Labute approximate surface area is 129 Å². The monoisotopic (exact) mass is 307 g/mol. The van der Waals surface area contributed by atoms with Crippen molar-refractivity contribution in [2.45, 2.75) is 32.4 Å². The molecule has 0 aliphatic carbocycles. The Bertz CT molecular complexity index is 586. The van der Waals surface area contributed by atoms with Crippen molar-refractivity contribution in [1.82, 2.24) is 0 Å². The maximum Gasteiger partial charge on any atom is 0.141 e. The van der Waals surface area contributed by atoms with Gasteiger partial charge in [-0.3, -0.25) is 0 Å². The highest BCUT2D eigenvalue weighted by Crippen LogP contribution is 2.19. The number of ether oxygens (including phenoxy) is 1. The molecule has 0 bridgehead atoms. The van der Waals surface area contributed by atoms with Crippen molar-refractivity contribution in [2.75, 3.05) is 0 Å². The second kappa shape index (κ2) is 7.43. The molecule has 0 saturated heterocycles. The minimum atomic E-state index is -0.419. The summed E-state index contributed by atoms with van der Waals surface area (Å²) in [6.45, 7) is 2.43. The lowest BCUT2D eigenvalue weighted by atomic mass is 10.0. The van der Waals surface area contributed by atoms with Crippen LogP contribution in [-0.2, 0) is 13.0 Å². The second-order valence-electron chi connectivity index (χ2n) is 5.05. The molecule has 0 saturated carbocycles. The van der Waals surface area contributed by atoms with Crippen LogP contribution in [0.5, 0.6) is 5.75 Å². The van der Waals surface area contributed by atoms with Gasteiger partial charge in [0.05, 0.1) is 5.02 Å². The molecule has 2 rings (SSSR count). The first-order valence-corrected chi connectivity index (χ1v) is 7.37. The normalized spacial score (nSPS) is 12.2. The summed E-state index contributed by atoms with van der Waals surface area (Å²) in [7, 11) is 0. The average Bonchev–Trinajstić information content (AvgIpc) is 2.50. The van der Waals surface area contributed by atoms with Crippen molar-refractivity contribution in [1.29, 1.82) is 0 Å². The quantitative estimate of drug-likeness (QED) is 0.861. The topological polar surface area (TPSA) is 35.2 Å². The minimum absolute atomic E-state index is 0.111. The Morgan fingerprint density at radius 1 is 1.14 bits per heavy atom. The molecule has 0 fully saturated rings. The van der Waals surface area contributed by atoms with Crippen LogP contribution in [0, 0.1) is 5.82 Å². The Hall–Kier alpha value is -1.58. The van der Waals surface area contributed by atoms with E-state index in [-0.39, 0.29) is 11.1 Å². The maximum atomic E-state index is 13.1. The van der Waals surface area contributed by atoms with Crippen molar-refractivity contribution in [3.63, 3.8) is 0 Å². The van der Waals surface area contributed by atoms with Gasteiger partial charge in [-0.1, -0.05) is 36.7 Å². The van der Waals surface area contributed by atoms with Gasteiger partial charge in [0.25, 0.3) is 0 Å². The van der Waals surface area contributed by atoms with E-state index in [0.29, 0.717) is 6.61 Å². The van der Waals surface area contributed by atoms with E-state index in [1.165, 1.54) is 11.6 Å². The molecule has 0 heterocycles. The lowest BCUT2D eigenvalue weighted by Gasteiger charge is -2.10. The highest BCUT2D eigenvalue weighted by molar-refractivity contribution is 6.30. The van der Waals surface area contributed by atoms with Gasteiger partial charge in [0.2, 0.25) is 0 Å². The first kappa shape index (κ1) is 15.8. The SMILES string of the molecule is CCC(N)Cc1ccc(OCc2ccc(F)c(Cl)c2)cc1. The fourth-order valence-corrected chi connectivity index (χ4v) is 2.17. The molecule has 2 N–H and O–H groups in total. The largest absolute Gasteiger partial charge is 0.489 e. The number of nitrogens with two attached hydrogens (primary N) is 1. The average molecular weight is 308 g/mol. The fraction of sp³-hybridized carbons (Fsp3) is 0.294. The third-order valence-electron chi connectivity index (χ3n) is 3.34. The zero-order chi connectivity index (χ0) is 15.2. The van der Waals surface area contributed by atoms with Crippen LogP contribution in [0.15, 0.2) is 42.5 Å². The van der Waals surface area contributed by atoms with Crippen LogP contribution in [0.4, 0.5) is 4.39 Å². The number of hydrogen-bond acceptors (Lipinski definition) is 2. The van der Waals surface area contributed by atoms with Gasteiger partial charge in [-0.05, 0) is 48.2 Å². The minimum Gasteiger partial charge on any atom is -0.489 e. The predicted octanol–water partition coefficient (Wildman–Crippen LogP) is 4.34. The molecule has 0 aliphatic rings. The standard InChI is InChI=1S/C17H19ClFNO/c1-2-14(20)9-12-3-6-15(7-4-12)21-11-13-5-8-17(19)16(18)10-13/h3-8,10,14H,2,9,11,20H2,1H3. The van der Waals surface area contributed by atoms with Crippen LogP contribution in [0.2, 0.25) is 5.02 Å². The van der Waals surface area contributed by atoms with E-state index in [9.17, 15) is 4.39 Å². The molecule has 1 atom stereocenters. The highest BCUT2D eigenvalue weighted by Gasteiger charge is 2.04. The third kappa shape index (κ3) is 4.73. The molecule has 112 valence electrons. The molecule has 0 aromatic heterocycles. The van der Waals surface area contributed by atoms with E-state index in [2.05, 4.69) is 6.92 Å². The molecule has 4 heteroatoms. The maximum absolute atomic E-state index is 13.1. The number of halogens is 2. The molecule has 0 amide bonds. The van der Waals surface area contributed by atoms with Gasteiger partial charge in [0.15, 0.2) is 0 Å². The van der Waals surface area contributed by atoms with Gasteiger partial charge < -0.3 is 10.5 Å². The summed E-state index contributed by atoms with van der Waals surface area (Å²) in [4.78, 5) is 0. The van der Waals surface area contributed by atoms with E-state index in [1.807, 2.05) is 24.3 Å². The van der Waals surface area contributed by atoms with Crippen molar-refractivity contribution in [2.24, 2.45) is 5.73 Å². The third-order valence-corrected chi connectivity index (χ3v) is 3.62. The zero-order valence-electron chi connectivity index (χ0n) is 12.0. The summed E-state index contributed by atoms with van der Waals surface area (Å²) in [5.41, 5.74) is 7.96. The van der Waals surface area contributed by atoms with Crippen molar-refractivity contribution in [3.05, 3.63) is 64.4 Å². The van der Waals surface area contributed by atoms with Crippen molar-refractivity contribution >= 4 is 11.6 Å². The summed E-state index contributed by atoms with van der Waals surface area (Å²) in [5, 5.41) is 0.111. The molecule has 2 aromatic carbocycles.